The fourth-order valence-corrected chi connectivity index (χ4v) is 2.14. The summed E-state index contributed by atoms with van der Waals surface area (Å²) in [5.74, 6) is 2.64. The topological polar surface area (TPSA) is 64.1 Å². The molecule has 6 heteroatoms. The van der Waals surface area contributed by atoms with Gasteiger partial charge in [-0.1, -0.05) is 6.08 Å². The lowest BCUT2D eigenvalue weighted by molar-refractivity contribution is 0.324. The second-order valence-corrected chi connectivity index (χ2v) is 5.29. The predicted molar refractivity (Wildman–Crippen MR) is 91.6 cm³/mol. The first-order valence-corrected chi connectivity index (χ1v) is 7.66. The number of hydrogen-bond donors (Lipinski definition) is 2. The number of hydrogen-bond acceptors (Lipinski definition) is 4. The number of benzene rings is 1. The van der Waals surface area contributed by atoms with E-state index in [1.54, 1.807) is 21.3 Å². The van der Waals surface area contributed by atoms with Crippen LogP contribution in [0.4, 0.5) is 0 Å². The Kier molecular flexibility index (Phi) is 6.14. The van der Waals surface area contributed by atoms with E-state index >= 15 is 0 Å². The van der Waals surface area contributed by atoms with E-state index in [0.717, 1.165) is 11.5 Å². The molecule has 1 aromatic carbocycles. The van der Waals surface area contributed by atoms with Gasteiger partial charge in [0.15, 0.2) is 17.5 Å². The fourth-order valence-electron chi connectivity index (χ4n) is 2.14. The number of methoxy groups -OCH3 is 3. The van der Waals surface area contributed by atoms with Crippen molar-refractivity contribution in [3.8, 4) is 17.2 Å². The Labute approximate surface area is 137 Å². The average Bonchev–Trinajstić information content (AvgIpc) is 3.40. The van der Waals surface area contributed by atoms with Crippen LogP contribution < -0.4 is 24.8 Å². The Morgan fingerprint density at radius 1 is 1.22 bits per heavy atom. The Bertz CT molecular complexity index is 543. The molecule has 0 radical (unpaired) electrons. The molecule has 1 aromatic rings. The van der Waals surface area contributed by atoms with Gasteiger partial charge in [0.1, 0.15) is 0 Å². The molecule has 0 heterocycles. The maximum absolute atomic E-state index is 5.37. The molecule has 23 heavy (non-hydrogen) atoms. The zero-order valence-electron chi connectivity index (χ0n) is 14.0. The van der Waals surface area contributed by atoms with Gasteiger partial charge >= 0.3 is 0 Å². The van der Waals surface area contributed by atoms with Crippen LogP contribution in [0.25, 0.3) is 0 Å². The molecule has 2 rings (SSSR count). The van der Waals surface area contributed by atoms with Crippen molar-refractivity contribution >= 4 is 5.96 Å². The van der Waals surface area contributed by atoms with Crippen molar-refractivity contribution in [1.82, 2.24) is 10.6 Å². The molecular formula is C17H25N3O3. The van der Waals surface area contributed by atoms with Crippen LogP contribution >= 0.6 is 0 Å². The molecule has 6 nitrogen and oxygen atoms in total. The van der Waals surface area contributed by atoms with Crippen molar-refractivity contribution in [3.05, 3.63) is 30.4 Å². The SMILES string of the molecule is C=CCNC(=NCc1cc(OC)c(OC)c(OC)c1)NC1CC1. The maximum atomic E-state index is 5.37. The number of nitrogens with zero attached hydrogens (tertiary/aromatic N) is 1. The van der Waals surface area contributed by atoms with Crippen LogP contribution in [0.2, 0.25) is 0 Å². The Balaban J connectivity index is 2.15. The summed E-state index contributed by atoms with van der Waals surface area (Å²) in [4.78, 5) is 4.61. The first kappa shape index (κ1) is 17.0. The summed E-state index contributed by atoms with van der Waals surface area (Å²) in [6.07, 6.45) is 4.20. The van der Waals surface area contributed by atoms with E-state index in [4.69, 9.17) is 14.2 Å². The lowest BCUT2D eigenvalue weighted by atomic mass is 10.2. The molecule has 1 saturated carbocycles. The van der Waals surface area contributed by atoms with Crippen LogP contribution in [-0.4, -0.2) is 39.9 Å². The number of aliphatic imine (C=N–C) groups is 1. The van der Waals surface area contributed by atoms with Gasteiger partial charge in [0.2, 0.25) is 5.75 Å². The van der Waals surface area contributed by atoms with Gasteiger partial charge in [-0.3, -0.25) is 0 Å². The maximum Gasteiger partial charge on any atom is 0.203 e. The molecule has 126 valence electrons. The predicted octanol–water partition coefficient (Wildman–Crippen LogP) is 2.10. The van der Waals surface area contributed by atoms with Gasteiger partial charge in [0, 0.05) is 12.6 Å². The summed E-state index contributed by atoms with van der Waals surface area (Å²) in [5.41, 5.74) is 0.981. The minimum Gasteiger partial charge on any atom is -0.493 e. The van der Waals surface area contributed by atoms with Gasteiger partial charge < -0.3 is 24.8 Å². The van der Waals surface area contributed by atoms with E-state index in [9.17, 15) is 0 Å². The van der Waals surface area contributed by atoms with Crippen LogP contribution in [0, 0.1) is 0 Å². The molecule has 1 fully saturated rings. The molecule has 0 saturated heterocycles. The molecule has 0 spiro atoms. The van der Waals surface area contributed by atoms with Crippen LogP contribution in [0.3, 0.4) is 0 Å². The van der Waals surface area contributed by atoms with Gasteiger partial charge in [0.25, 0.3) is 0 Å². The zero-order valence-corrected chi connectivity index (χ0v) is 14.0. The number of rotatable bonds is 8. The zero-order chi connectivity index (χ0) is 16.7. The highest BCUT2D eigenvalue weighted by atomic mass is 16.5. The van der Waals surface area contributed by atoms with Crippen molar-refractivity contribution < 1.29 is 14.2 Å². The molecule has 0 aromatic heterocycles. The van der Waals surface area contributed by atoms with Crippen molar-refractivity contribution in [2.45, 2.75) is 25.4 Å². The van der Waals surface area contributed by atoms with Gasteiger partial charge in [0.05, 0.1) is 27.9 Å². The number of guanidine groups is 1. The lowest BCUT2D eigenvalue weighted by Crippen LogP contribution is -2.38. The molecular weight excluding hydrogens is 294 g/mol. The smallest absolute Gasteiger partial charge is 0.203 e. The summed E-state index contributed by atoms with van der Waals surface area (Å²) >= 11 is 0. The summed E-state index contributed by atoms with van der Waals surface area (Å²) in [5, 5.41) is 6.60. The molecule has 0 atom stereocenters. The minimum atomic E-state index is 0.510. The fraction of sp³-hybridized carbons (Fsp3) is 0.471. The number of nitrogens with one attached hydrogen (secondary N) is 2. The third-order valence-corrected chi connectivity index (χ3v) is 3.48. The Morgan fingerprint density at radius 2 is 1.87 bits per heavy atom. The van der Waals surface area contributed by atoms with E-state index in [-0.39, 0.29) is 0 Å². The van der Waals surface area contributed by atoms with Crippen molar-refractivity contribution in [2.75, 3.05) is 27.9 Å². The van der Waals surface area contributed by atoms with E-state index in [0.29, 0.717) is 36.4 Å². The van der Waals surface area contributed by atoms with Gasteiger partial charge in [-0.15, -0.1) is 6.58 Å². The lowest BCUT2D eigenvalue weighted by Gasteiger charge is -2.14. The second-order valence-electron chi connectivity index (χ2n) is 5.29. The highest BCUT2D eigenvalue weighted by Crippen LogP contribution is 2.38. The van der Waals surface area contributed by atoms with E-state index in [2.05, 4.69) is 22.2 Å². The van der Waals surface area contributed by atoms with Crippen LogP contribution in [0.15, 0.2) is 29.8 Å². The van der Waals surface area contributed by atoms with E-state index in [1.807, 2.05) is 18.2 Å². The highest BCUT2D eigenvalue weighted by molar-refractivity contribution is 5.80. The molecule has 1 aliphatic carbocycles. The summed E-state index contributed by atoms with van der Waals surface area (Å²) in [7, 11) is 4.81. The standard InChI is InChI=1S/C17H25N3O3/c1-5-8-18-17(20-13-6-7-13)19-11-12-9-14(21-2)16(23-4)15(10-12)22-3/h5,9-10,13H,1,6-8,11H2,2-4H3,(H2,18,19,20). The Hall–Kier alpha value is -2.37. The quantitative estimate of drug-likeness (QED) is 0.436. The monoisotopic (exact) mass is 319 g/mol. The molecule has 0 bridgehead atoms. The largest absolute Gasteiger partial charge is 0.493 e. The first-order valence-electron chi connectivity index (χ1n) is 7.66. The van der Waals surface area contributed by atoms with E-state index < -0.39 is 0 Å². The third kappa shape index (κ3) is 4.81. The first-order chi connectivity index (χ1) is 11.2. The van der Waals surface area contributed by atoms with Crippen molar-refractivity contribution in [3.63, 3.8) is 0 Å². The van der Waals surface area contributed by atoms with Crippen LogP contribution in [-0.2, 0) is 6.54 Å². The summed E-state index contributed by atoms with van der Waals surface area (Å²) < 4.78 is 16.1. The average molecular weight is 319 g/mol. The second kappa shape index (κ2) is 8.31. The Morgan fingerprint density at radius 3 is 2.35 bits per heavy atom. The summed E-state index contributed by atoms with van der Waals surface area (Å²) in [6.45, 7) is 4.90. The van der Waals surface area contributed by atoms with E-state index in [1.165, 1.54) is 12.8 Å². The number of ether oxygens (including phenoxy) is 3. The molecule has 0 amide bonds. The van der Waals surface area contributed by atoms with Gasteiger partial charge in [-0.05, 0) is 30.5 Å². The summed E-state index contributed by atoms with van der Waals surface area (Å²) in [6, 6.07) is 4.35. The normalized spacial score (nSPS) is 14.1. The van der Waals surface area contributed by atoms with Crippen molar-refractivity contribution in [1.29, 1.82) is 0 Å². The van der Waals surface area contributed by atoms with Gasteiger partial charge in [-0.2, -0.15) is 0 Å². The van der Waals surface area contributed by atoms with Crippen LogP contribution in [0.5, 0.6) is 17.2 Å². The minimum absolute atomic E-state index is 0.510. The molecule has 0 aliphatic heterocycles. The molecule has 1 aliphatic rings. The van der Waals surface area contributed by atoms with Gasteiger partial charge in [-0.25, -0.2) is 4.99 Å². The van der Waals surface area contributed by atoms with Crippen molar-refractivity contribution in [2.24, 2.45) is 4.99 Å². The molecule has 0 unspecified atom stereocenters. The third-order valence-electron chi connectivity index (χ3n) is 3.48. The highest BCUT2D eigenvalue weighted by Gasteiger charge is 2.22. The molecule has 2 N–H and O–H groups in total. The van der Waals surface area contributed by atoms with Crippen LogP contribution in [0.1, 0.15) is 18.4 Å².